The minimum atomic E-state index is -0.0545. The van der Waals surface area contributed by atoms with Crippen molar-refractivity contribution in [2.75, 3.05) is 11.1 Å². The summed E-state index contributed by atoms with van der Waals surface area (Å²) in [6.07, 6.45) is 3.96. The Morgan fingerprint density at radius 2 is 2.19 bits per heavy atom. The molecule has 1 fully saturated rings. The molecule has 7 heteroatoms. The van der Waals surface area contributed by atoms with E-state index in [1.807, 2.05) is 43.3 Å². The maximum absolute atomic E-state index is 12.3. The number of anilines is 1. The molecular formula is C19H20N4O2S. The largest absolute Gasteiger partial charge is 0.467 e. The second-order valence-corrected chi connectivity index (χ2v) is 7.43. The summed E-state index contributed by atoms with van der Waals surface area (Å²) in [6.45, 7) is 2.59. The highest BCUT2D eigenvalue weighted by molar-refractivity contribution is 7.99. The first-order valence-corrected chi connectivity index (χ1v) is 9.62. The first kappa shape index (κ1) is 16.9. The standard InChI is InChI=1S/C19H20N4O2S/c1-13-4-2-5-15(10-13)20-17(24)12-26-19-22-21-18(14-7-8-14)23(19)11-16-6-3-9-25-16/h2-6,9-10,14H,7-8,11-12H2,1H3,(H,20,24). The molecule has 0 atom stereocenters. The minimum absolute atomic E-state index is 0.0545. The summed E-state index contributed by atoms with van der Waals surface area (Å²) in [7, 11) is 0. The zero-order valence-corrected chi connectivity index (χ0v) is 15.3. The molecule has 134 valence electrons. The molecule has 2 heterocycles. The maximum Gasteiger partial charge on any atom is 0.234 e. The van der Waals surface area contributed by atoms with Crippen LogP contribution in [0.2, 0.25) is 0 Å². The summed E-state index contributed by atoms with van der Waals surface area (Å²) in [5.74, 6) is 2.56. The molecule has 0 spiro atoms. The third-order valence-corrected chi connectivity index (χ3v) is 5.18. The number of carbonyl (C=O) groups excluding carboxylic acids is 1. The fraction of sp³-hybridized carbons (Fsp3) is 0.316. The molecule has 1 aliphatic carbocycles. The van der Waals surface area contributed by atoms with Crippen LogP contribution >= 0.6 is 11.8 Å². The first-order valence-electron chi connectivity index (χ1n) is 8.64. The number of carbonyl (C=O) groups is 1. The Morgan fingerprint density at radius 3 is 2.92 bits per heavy atom. The molecule has 2 aromatic heterocycles. The van der Waals surface area contributed by atoms with E-state index in [1.165, 1.54) is 11.8 Å². The van der Waals surface area contributed by atoms with Crippen molar-refractivity contribution in [3.63, 3.8) is 0 Å². The van der Waals surface area contributed by atoms with Crippen molar-refractivity contribution in [1.29, 1.82) is 0 Å². The van der Waals surface area contributed by atoms with E-state index in [-0.39, 0.29) is 11.7 Å². The second kappa shape index (κ2) is 7.37. The number of hydrogen-bond acceptors (Lipinski definition) is 5. The van der Waals surface area contributed by atoms with Crippen LogP contribution in [0.4, 0.5) is 5.69 Å². The Bertz CT molecular complexity index is 900. The van der Waals surface area contributed by atoms with Gasteiger partial charge in [-0.3, -0.25) is 9.36 Å². The van der Waals surface area contributed by atoms with Gasteiger partial charge in [-0.2, -0.15) is 0 Å². The van der Waals surface area contributed by atoms with E-state index in [2.05, 4.69) is 20.1 Å². The Hall–Kier alpha value is -2.54. The molecule has 0 saturated heterocycles. The third-order valence-electron chi connectivity index (χ3n) is 4.22. The molecule has 1 aromatic carbocycles. The fourth-order valence-electron chi connectivity index (χ4n) is 2.81. The van der Waals surface area contributed by atoms with Gasteiger partial charge < -0.3 is 9.73 Å². The summed E-state index contributed by atoms with van der Waals surface area (Å²) in [5.41, 5.74) is 1.93. The molecule has 0 unspecified atom stereocenters. The monoisotopic (exact) mass is 368 g/mol. The highest BCUT2D eigenvalue weighted by Gasteiger charge is 2.30. The van der Waals surface area contributed by atoms with Gasteiger partial charge in [0.2, 0.25) is 5.91 Å². The van der Waals surface area contributed by atoms with Gasteiger partial charge in [0.05, 0.1) is 18.6 Å². The van der Waals surface area contributed by atoms with Crippen LogP contribution in [0, 0.1) is 6.92 Å². The van der Waals surface area contributed by atoms with Crippen molar-refractivity contribution in [3.8, 4) is 0 Å². The first-order chi connectivity index (χ1) is 12.7. The van der Waals surface area contributed by atoms with Crippen LogP contribution in [-0.4, -0.2) is 26.4 Å². The number of nitrogens with one attached hydrogen (secondary N) is 1. The summed E-state index contributed by atoms with van der Waals surface area (Å²) >= 11 is 1.40. The van der Waals surface area contributed by atoms with E-state index >= 15 is 0 Å². The van der Waals surface area contributed by atoms with E-state index < -0.39 is 0 Å². The van der Waals surface area contributed by atoms with Crippen molar-refractivity contribution in [2.45, 2.75) is 37.4 Å². The molecule has 0 radical (unpaired) electrons. The van der Waals surface area contributed by atoms with Crippen molar-refractivity contribution in [1.82, 2.24) is 14.8 Å². The number of aromatic nitrogens is 3. The van der Waals surface area contributed by atoms with Crippen LogP contribution in [0.3, 0.4) is 0 Å². The highest BCUT2D eigenvalue weighted by atomic mass is 32.2. The molecule has 26 heavy (non-hydrogen) atoms. The highest BCUT2D eigenvalue weighted by Crippen LogP contribution is 2.40. The summed E-state index contributed by atoms with van der Waals surface area (Å²) in [5, 5.41) is 12.3. The zero-order valence-electron chi connectivity index (χ0n) is 14.5. The number of furan rings is 1. The molecule has 6 nitrogen and oxygen atoms in total. The molecule has 1 N–H and O–H groups in total. The lowest BCUT2D eigenvalue weighted by molar-refractivity contribution is -0.113. The van der Waals surface area contributed by atoms with Gasteiger partial charge in [-0.15, -0.1) is 10.2 Å². The van der Waals surface area contributed by atoms with Crippen LogP contribution in [0.25, 0.3) is 0 Å². The average Bonchev–Trinajstić information content (AvgIpc) is 3.18. The van der Waals surface area contributed by atoms with Gasteiger partial charge in [0.1, 0.15) is 11.6 Å². The van der Waals surface area contributed by atoms with E-state index in [9.17, 15) is 4.79 Å². The Balaban J connectivity index is 1.43. The van der Waals surface area contributed by atoms with Gasteiger partial charge in [-0.25, -0.2) is 0 Å². The zero-order chi connectivity index (χ0) is 17.9. The number of aryl methyl sites for hydroxylation is 1. The molecule has 0 bridgehead atoms. The number of benzene rings is 1. The van der Waals surface area contributed by atoms with Crippen LogP contribution in [-0.2, 0) is 11.3 Å². The predicted molar refractivity (Wildman–Crippen MR) is 100 cm³/mol. The summed E-state index contributed by atoms with van der Waals surface area (Å²) in [6, 6.07) is 11.6. The lowest BCUT2D eigenvalue weighted by atomic mass is 10.2. The molecule has 3 aromatic rings. The van der Waals surface area contributed by atoms with Crippen molar-refractivity contribution < 1.29 is 9.21 Å². The molecule has 0 aliphatic heterocycles. The van der Waals surface area contributed by atoms with E-state index in [1.54, 1.807) is 6.26 Å². The lowest BCUT2D eigenvalue weighted by Gasteiger charge is -2.09. The molecule has 1 aliphatic rings. The van der Waals surface area contributed by atoms with E-state index in [4.69, 9.17) is 4.42 Å². The van der Waals surface area contributed by atoms with Crippen LogP contribution in [0.15, 0.2) is 52.2 Å². The minimum Gasteiger partial charge on any atom is -0.467 e. The van der Waals surface area contributed by atoms with Gasteiger partial charge in [-0.1, -0.05) is 23.9 Å². The van der Waals surface area contributed by atoms with Gasteiger partial charge in [-0.05, 0) is 49.6 Å². The number of thioether (sulfide) groups is 1. The molecule has 1 amide bonds. The second-order valence-electron chi connectivity index (χ2n) is 6.49. The quantitative estimate of drug-likeness (QED) is 0.642. The third kappa shape index (κ3) is 3.99. The van der Waals surface area contributed by atoms with Crippen molar-refractivity contribution >= 4 is 23.4 Å². The lowest BCUT2D eigenvalue weighted by Crippen LogP contribution is -2.15. The van der Waals surface area contributed by atoms with Crippen molar-refractivity contribution in [2.24, 2.45) is 0 Å². The fourth-order valence-corrected chi connectivity index (χ4v) is 3.55. The Kier molecular flexibility index (Phi) is 4.79. The predicted octanol–water partition coefficient (Wildman–Crippen LogP) is 3.84. The van der Waals surface area contributed by atoms with Crippen LogP contribution in [0.1, 0.15) is 35.9 Å². The van der Waals surface area contributed by atoms with Gasteiger partial charge in [0.15, 0.2) is 5.16 Å². The Labute approximate surface area is 156 Å². The van der Waals surface area contributed by atoms with Gasteiger partial charge in [0, 0.05) is 11.6 Å². The number of rotatable bonds is 7. The molecule has 4 rings (SSSR count). The number of nitrogens with zero attached hydrogens (tertiary/aromatic N) is 3. The van der Waals surface area contributed by atoms with E-state index in [0.717, 1.165) is 40.8 Å². The summed E-state index contributed by atoms with van der Waals surface area (Å²) in [4.78, 5) is 12.3. The summed E-state index contributed by atoms with van der Waals surface area (Å²) < 4.78 is 7.54. The Morgan fingerprint density at radius 1 is 1.31 bits per heavy atom. The molecular weight excluding hydrogens is 348 g/mol. The smallest absolute Gasteiger partial charge is 0.234 e. The SMILES string of the molecule is Cc1cccc(NC(=O)CSc2nnc(C3CC3)n2Cc2ccco2)c1. The average molecular weight is 368 g/mol. The maximum atomic E-state index is 12.3. The number of amides is 1. The van der Waals surface area contributed by atoms with Crippen molar-refractivity contribution in [3.05, 3.63) is 59.8 Å². The normalized spacial score (nSPS) is 13.7. The van der Waals surface area contributed by atoms with E-state index in [0.29, 0.717) is 12.5 Å². The number of hydrogen-bond donors (Lipinski definition) is 1. The van der Waals surface area contributed by atoms with Crippen LogP contribution < -0.4 is 5.32 Å². The topological polar surface area (TPSA) is 73.0 Å². The van der Waals surface area contributed by atoms with Gasteiger partial charge in [0.25, 0.3) is 0 Å². The van der Waals surface area contributed by atoms with Gasteiger partial charge >= 0.3 is 0 Å². The molecule has 1 saturated carbocycles. The van der Waals surface area contributed by atoms with Crippen LogP contribution in [0.5, 0.6) is 0 Å².